The van der Waals surface area contributed by atoms with Crippen molar-refractivity contribution in [1.29, 1.82) is 0 Å². The van der Waals surface area contributed by atoms with Gasteiger partial charge in [0.25, 0.3) is 0 Å². The molecule has 2 heteroatoms. The topological polar surface area (TPSA) is 21.3 Å². The van der Waals surface area contributed by atoms with Crippen LogP contribution in [0.2, 0.25) is 0 Å². The van der Waals surface area contributed by atoms with E-state index in [1.807, 2.05) is 0 Å². The fraction of sp³-hybridized carbons (Fsp3) is 0.700. The highest BCUT2D eigenvalue weighted by Gasteiger charge is 2.11. The van der Waals surface area contributed by atoms with Gasteiger partial charge in [0, 0.05) is 0 Å². The minimum absolute atomic E-state index is 0.815. The van der Waals surface area contributed by atoms with E-state index in [0.29, 0.717) is 0 Å². The van der Waals surface area contributed by atoms with Crippen LogP contribution in [0.15, 0.2) is 24.3 Å². The molecule has 1 saturated heterocycles. The monoisotopic (exact) mass is 303 g/mol. The maximum Gasteiger partial charge on any atom is 0.119 e. The fourth-order valence-electron chi connectivity index (χ4n) is 3.26. The molecule has 1 aliphatic rings. The number of hydrogen-bond acceptors (Lipinski definition) is 2. The van der Waals surface area contributed by atoms with Crippen LogP contribution in [-0.4, -0.2) is 19.7 Å². The predicted octanol–water partition coefficient (Wildman–Crippen LogP) is 4.97. The summed E-state index contributed by atoms with van der Waals surface area (Å²) in [5.74, 6) is 1.95. The Bertz CT molecular complexity index is 381. The molecule has 0 spiro atoms. The van der Waals surface area contributed by atoms with E-state index in [1.165, 1.54) is 70.0 Å². The zero-order valence-electron chi connectivity index (χ0n) is 14.3. The van der Waals surface area contributed by atoms with Crippen LogP contribution in [0.5, 0.6) is 5.75 Å². The lowest BCUT2D eigenvalue weighted by Crippen LogP contribution is -2.29. The Kier molecular flexibility index (Phi) is 8.40. The molecule has 1 fully saturated rings. The highest BCUT2D eigenvalue weighted by atomic mass is 16.5. The molecule has 1 unspecified atom stereocenters. The maximum absolute atomic E-state index is 5.62. The molecule has 1 N–H and O–H groups in total. The number of hydrogen-bond donors (Lipinski definition) is 1. The summed E-state index contributed by atoms with van der Waals surface area (Å²) in [7, 11) is 0. The van der Waals surface area contributed by atoms with Gasteiger partial charge in [-0.25, -0.2) is 0 Å². The number of nitrogens with one attached hydrogen (secondary N) is 1. The van der Waals surface area contributed by atoms with Gasteiger partial charge in [0.2, 0.25) is 0 Å². The van der Waals surface area contributed by atoms with E-state index in [4.69, 9.17) is 4.74 Å². The zero-order valence-corrected chi connectivity index (χ0v) is 14.3. The van der Waals surface area contributed by atoms with Gasteiger partial charge in [-0.15, -0.1) is 0 Å². The van der Waals surface area contributed by atoms with Gasteiger partial charge in [-0.05, 0) is 75.2 Å². The first-order valence-electron chi connectivity index (χ1n) is 9.31. The summed E-state index contributed by atoms with van der Waals surface area (Å²) in [6, 6.07) is 8.67. The smallest absolute Gasteiger partial charge is 0.119 e. The van der Waals surface area contributed by atoms with Crippen molar-refractivity contribution in [1.82, 2.24) is 5.32 Å². The molecule has 1 atom stereocenters. The SMILES string of the molecule is CCCOc1ccc(CCCCCCC2CCCNC2)cc1. The molecule has 0 radical (unpaired) electrons. The van der Waals surface area contributed by atoms with Crippen molar-refractivity contribution in [2.75, 3.05) is 19.7 Å². The normalized spacial score (nSPS) is 18.3. The van der Waals surface area contributed by atoms with E-state index >= 15 is 0 Å². The van der Waals surface area contributed by atoms with Gasteiger partial charge in [-0.1, -0.05) is 38.3 Å². The molecular formula is C20H33NO. The minimum atomic E-state index is 0.815. The number of aryl methyl sites for hydroxylation is 1. The predicted molar refractivity (Wildman–Crippen MR) is 94.6 cm³/mol. The van der Waals surface area contributed by atoms with Crippen LogP contribution in [0.1, 0.15) is 63.9 Å². The van der Waals surface area contributed by atoms with E-state index in [0.717, 1.165) is 24.7 Å². The van der Waals surface area contributed by atoms with Gasteiger partial charge >= 0.3 is 0 Å². The van der Waals surface area contributed by atoms with Crippen LogP contribution in [-0.2, 0) is 6.42 Å². The number of rotatable bonds is 10. The second-order valence-corrected chi connectivity index (χ2v) is 6.66. The maximum atomic E-state index is 5.62. The zero-order chi connectivity index (χ0) is 15.5. The first-order chi connectivity index (χ1) is 10.9. The molecule has 0 amide bonds. The molecule has 0 aromatic heterocycles. The minimum Gasteiger partial charge on any atom is -0.494 e. The number of piperidine rings is 1. The van der Waals surface area contributed by atoms with Gasteiger partial charge < -0.3 is 10.1 Å². The van der Waals surface area contributed by atoms with Crippen molar-refractivity contribution in [3.63, 3.8) is 0 Å². The van der Waals surface area contributed by atoms with Gasteiger partial charge in [0.15, 0.2) is 0 Å². The molecule has 0 bridgehead atoms. The van der Waals surface area contributed by atoms with Gasteiger partial charge in [-0.3, -0.25) is 0 Å². The number of benzene rings is 1. The van der Waals surface area contributed by atoms with Gasteiger partial charge in [-0.2, -0.15) is 0 Å². The fourth-order valence-corrected chi connectivity index (χ4v) is 3.26. The van der Waals surface area contributed by atoms with Crippen LogP contribution in [0.3, 0.4) is 0 Å². The average molecular weight is 303 g/mol. The lowest BCUT2D eigenvalue weighted by molar-refractivity contribution is 0.317. The van der Waals surface area contributed by atoms with E-state index in [9.17, 15) is 0 Å². The standard InChI is InChI=1S/C20H33NO/c1-2-16-22-20-13-11-18(12-14-20)8-5-3-4-6-9-19-10-7-15-21-17-19/h11-14,19,21H,2-10,15-17H2,1H3. The lowest BCUT2D eigenvalue weighted by Gasteiger charge is -2.22. The first kappa shape index (κ1) is 17.3. The van der Waals surface area contributed by atoms with Gasteiger partial charge in [0.1, 0.15) is 5.75 Å². The van der Waals surface area contributed by atoms with E-state index in [2.05, 4.69) is 36.5 Å². The summed E-state index contributed by atoms with van der Waals surface area (Å²) in [5.41, 5.74) is 1.44. The third kappa shape index (κ3) is 6.83. The Morgan fingerprint density at radius 3 is 2.64 bits per heavy atom. The van der Waals surface area contributed by atoms with E-state index in [-0.39, 0.29) is 0 Å². The average Bonchev–Trinajstić information content (AvgIpc) is 2.58. The summed E-state index contributed by atoms with van der Waals surface area (Å²) in [6.45, 7) is 5.44. The molecule has 0 aliphatic carbocycles. The Morgan fingerprint density at radius 1 is 1.09 bits per heavy atom. The highest BCUT2D eigenvalue weighted by molar-refractivity contribution is 5.27. The van der Waals surface area contributed by atoms with Crippen molar-refractivity contribution in [2.24, 2.45) is 5.92 Å². The summed E-state index contributed by atoms with van der Waals surface area (Å²) in [5, 5.41) is 3.52. The van der Waals surface area contributed by atoms with E-state index < -0.39 is 0 Å². The van der Waals surface area contributed by atoms with Crippen LogP contribution in [0, 0.1) is 5.92 Å². The van der Waals surface area contributed by atoms with Crippen LogP contribution in [0.4, 0.5) is 0 Å². The molecule has 1 aliphatic heterocycles. The Morgan fingerprint density at radius 2 is 1.91 bits per heavy atom. The summed E-state index contributed by atoms with van der Waals surface area (Å²) in [6.07, 6.45) is 12.0. The highest BCUT2D eigenvalue weighted by Crippen LogP contribution is 2.19. The summed E-state index contributed by atoms with van der Waals surface area (Å²) < 4.78 is 5.62. The quantitative estimate of drug-likeness (QED) is 0.616. The number of ether oxygens (including phenoxy) is 1. The Hall–Kier alpha value is -1.02. The van der Waals surface area contributed by atoms with E-state index in [1.54, 1.807) is 0 Å². The van der Waals surface area contributed by atoms with Crippen molar-refractivity contribution >= 4 is 0 Å². The van der Waals surface area contributed by atoms with Crippen LogP contribution in [0.25, 0.3) is 0 Å². The summed E-state index contributed by atoms with van der Waals surface area (Å²) >= 11 is 0. The molecule has 1 aromatic carbocycles. The van der Waals surface area contributed by atoms with Crippen molar-refractivity contribution in [3.8, 4) is 5.75 Å². The van der Waals surface area contributed by atoms with Crippen LogP contribution < -0.4 is 10.1 Å². The molecule has 0 saturated carbocycles. The molecular weight excluding hydrogens is 270 g/mol. The lowest BCUT2D eigenvalue weighted by atomic mass is 9.93. The molecule has 22 heavy (non-hydrogen) atoms. The third-order valence-electron chi connectivity index (χ3n) is 4.62. The molecule has 1 heterocycles. The molecule has 1 aromatic rings. The molecule has 124 valence electrons. The van der Waals surface area contributed by atoms with Crippen molar-refractivity contribution < 1.29 is 4.74 Å². The molecule has 2 rings (SSSR count). The van der Waals surface area contributed by atoms with Crippen molar-refractivity contribution in [3.05, 3.63) is 29.8 Å². The number of unbranched alkanes of at least 4 members (excludes halogenated alkanes) is 3. The largest absolute Gasteiger partial charge is 0.494 e. The Balaban J connectivity index is 1.50. The van der Waals surface area contributed by atoms with Gasteiger partial charge in [0.05, 0.1) is 6.61 Å². The van der Waals surface area contributed by atoms with Crippen molar-refractivity contribution in [2.45, 2.75) is 64.7 Å². The Labute approximate surface area is 136 Å². The first-order valence-corrected chi connectivity index (χ1v) is 9.31. The summed E-state index contributed by atoms with van der Waals surface area (Å²) in [4.78, 5) is 0. The second kappa shape index (κ2) is 10.7. The molecule has 2 nitrogen and oxygen atoms in total. The second-order valence-electron chi connectivity index (χ2n) is 6.66. The van der Waals surface area contributed by atoms with Crippen LogP contribution >= 0.6 is 0 Å². The third-order valence-corrected chi connectivity index (χ3v) is 4.62.